The molecule has 11 heavy (non-hydrogen) atoms. The molecule has 0 spiro atoms. The summed E-state index contributed by atoms with van der Waals surface area (Å²) >= 11 is 2.13. The number of nitrogens with one attached hydrogen (secondary N) is 1. The topological polar surface area (TPSA) is 32.9 Å². The van der Waals surface area contributed by atoms with Gasteiger partial charge in [-0.3, -0.25) is 4.79 Å². The first-order valence-electron chi connectivity index (χ1n) is 3.55. The Hall–Kier alpha value is -0.320. The molecule has 0 atom stereocenters. The minimum Gasteiger partial charge on any atom is -0.328 e. The number of H-pyrrole nitrogens is 1. The van der Waals surface area contributed by atoms with Crippen LogP contribution in [0.2, 0.25) is 0 Å². The number of pyridine rings is 1. The quantitative estimate of drug-likeness (QED) is 0.718. The van der Waals surface area contributed by atoms with Gasteiger partial charge in [-0.05, 0) is 28.7 Å². The van der Waals surface area contributed by atoms with Crippen molar-refractivity contribution in [2.75, 3.05) is 0 Å². The lowest BCUT2D eigenvalue weighted by molar-refractivity contribution is 1.09. The second kappa shape index (κ2) is 6.39. The lowest BCUT2D eigenvalue weighted by Crippen LogP contribution is -2.00. The maximum Gasteiger partial charge on any atom is 0.247 e. The van der Waals surface area contributed by atoms with Gasteiger partial charge in [0, 0.05) is 15.8 Å². The Morgan fingerprint density at radius 3 is 2.27 bits per heavy atom. The zero-order valence-electron chi connectivity index (χ0n) is 6.73. The SMILES string of the molecule is CCC.O=c1ccc(I)c[nH]1. The van der Waals surface area contributed by atoms with Crippen LogP contribution >= 0.6 is 22.6 Å². The Kier molecular flexibility index (Phi) is 6.21. The lowest BCUT2D eigenvalue weighted by atomic mass is 10.5. The zero-order chi connectivity index (χ0) is 8.69. The van der Waals surface area contributed by atoms with Gasteiger partial charge < -0.3 is 4.98 Å². The van der Waals surface area contributed by atoms with Gasteiger partial charge in [0.15, 0.2) is 0 Å². The highest BCUT2D eigenvalue weighted by molar-refractivity contribution is 14.1. The largest absolute Gasteiger partial charge is 0.328 e. The Bertz CT molecular complexity index is 224. The van der Waals surface area contributed by atoms with Crippen LogP contribution in [0, 0.1) is 3.57 Å². The van der Waals surface area contributed by atoms with Gasteiger partial charge in [0.2, 0.25) is 5.56 Å². The van der Waals surface area contributed by atoms with E-state index in [1.807, 2.05) is 0 Å². The van der Waals surface area contributed by atoms with Crippen LogP contribution in [0.3, 0.4) is 0 Å². The van der Waals surface area contributed by atoms with Gasteiger partial charge in [-0.2, -0.15) is 0 Å². The lowest BCUT2D eigenvalue weighted by Gasteiger charge is -1.82. The fourth-order valence-corrected chi connectivity index (χ4v) is 0.727. The summed E-state index contributed by atoms with van der Waals surface area (Å²) in [5.74, 6) is 0. The Morgan fingerprint density at radius 2 is 2.00 bits per heavy atom. The van der Waals surface area contributed by atoms with Crippen LogP contribution in [0.15, 0.2) is 23.1 Å². The number of halogens is 1. The smallest absolute Gasteiger partial charge is 0.247 e. The van der Waals surface area contributed by atoms with E-state index in [-0.39, 0.29) is 5.56 Å². The van der Waals surface area contributed by atoms with Gasteiger partial charge in [-0.1, -0.05) is 20.3 Å². The van der Waals surface area contributed by atoms with E-state index in [1.54, 1.807) is 12.3 Å². The summed E-state index contributed by atoms with van der Waals surface area (Å²) in [6, 6.07) is 3.27. The summed E-state index contributed by atoms with van der Waals surface area (Å²) in [6.45, 7) is 4.25. The molecule has 0 radical (unpaired) electrons. The molecule has 0 saturated carbocycles. The van der Waals surface area contributed by atoms with Crippen molar-refractivity contribution in [3.05, 3.63) is 32.3 Å². The molecule has 1 N–H and O–H groups in total. The number of hydrogen-bond acceptors (Lipinski definition) is 1. The maximum absolute atomic E-state index is 10.4. The monoisotopic (exact) mass is 265 g/mol. The average Bonchev–Trinajstić information content (AvgIpc) is 1.97. The van der Waals surface area contributed by atoms with Crippen molar-refractivity contribution in [2.45, 2.75) is 20.3 Å². The number of aromatic amines is 1. The van der Waals surface area contributed by atoms with Crippen molar-refractivity contribution in [3.63, 3.8) is 0 Å². The molecule has 0 bridgehead atoms. The third-order valence-corrected chi connectivity index (χ3v) is 1.42. The standard InChI is InChI=1S/C5H4INO.C3H8/c6-4-1-2-5(8)7-3-4;1-3-2/h1-3H,(H,7,8);3H2,1-2H3. The third kappa shape index (κ3) is 6.09. The van der Waals surface area contributed by atoms with Crippen LogP contribution < -0.4 is 5.56 Å². The second-order valence-corrected chi connectivity index (χ2v) is 3.32. The molecule has 0 aromatic carbocycles. The highest BCUT2D eigenvalue weighted by atomic mass is 127. The predicted octanol–water partition coefficient (Wildman–Crippen LogP) is 2.40. The molecule has 0 saturated heterocycles. The van der Waals surface area contributed by atoms with Crippen LogP contribution in [-0.4, -0.2) is 4.98 Å². The van der Waals surface area contributed by atoms with Gasteiger partial charge in [0.25, 0.3) is 0 Å². The van der Waals surface area contributed by atoms with Crippen LogP contribution in [-0.2, 0) is 0 Å². The van der Waals surface area contributed by atoms with Gasteiger partial charge in [-0.25, -0.2) is 0 Å². The van der Waals surface area contributed by atoms with Crippen molar-refractivity contribution >= 4 is 22.6 Å². The third-order valence-electron chi connectivity index (χ3n) is 0.746. The predicted molar refractivity (Wildman–Crippen MR) is 55.7 cm³/mol. The fraction of sp³-hybridized carbons (Fsp3) is 0.375. The summed E-state index contributed by atoms with van der Waals surface area (Å²) in [7, 11) is 0. The normalized spacial score (nSPS) is 8.27. The molecule has 3 heteroatoms. The first kappa shape index (κ1) is 10.7. The summed E-state index contributed by atoms with van der Waals surface area (Å²) in [5, 5.41) is 0. The van der Waals surface area contributed by atoms with Crippen LogP contribution in [0.5, 0.6) is 0 Å². The summed E-state index contributed by atoms with van der Waals surface area (Å²) in [5.41, 5.74) is -0.0505. The molecule has 0 fully saturated rings. The Morgan fingerprint density at radius 1 is 1.45 bits per heavy atom. The van der Waals surface area contributed by atoms with Gasteiger partial charge >= 0.3 is 0 Å². The molecule has 62 valence electrons. The van der Waals surface area contributed by atoms with Crippen LogP contribution in [0.25, 0.3) is 0 Å². The molecule has 2 nitrogen and oxygen atoms in total. The van der Waals surface area contributed by atoms with E-state index in [0.717, 1.165) is 3.57 Å². The zero-order valence-corrected chi connectivity index (χ0v) is 8.88. The molecular weight excluding hydrogens is 253 g/mol. The Labute approximate surface area is 80.2 Å². The van der Waals surface area contributed by atoms with E-state index in [2.05, 4.69) is 41.4 Å². The van der Waals surface area contributed by atoms with Crippen molar-refractivity contribution in [1.29, 1.82) is 0 Å². The van der Waals surface area contributed by atoms with Crippen molar-refractivity contribution in [3.8, 4) is 0 Å². The fourth-order valence-electron chi connectivity index (χ4n) is 0.392. The van der Waals surface area contributed by atoms with E-state index in [0.29, 0.717) is 0 Å². The van der Waals surface area contributed by atoms with Gasteiger partial charge in [-0.15, -0.1) is 0 Å². The van der Waals surface area contributed by atoms with Gasteiger partial charge in [0.05, 0.1) is 0 Å². The van der Waals surface area contributed by atoms with E-state index >= 15 is 0 Å². The minimum atomic E-state index is -0.0505. The summed E-state index contributed by atoms with van der Waals surface area (Å²) in [6.07, 6.45) is 2.92. The molecule has 1 aromatic heterocycles. The first-order chi connectivity index (χ1) is 5.20. The summed E-state index contributed by atoms with van der Waals surface area (Å²) < 4.78 is 1.04. The molecule has 0 unspecified atom stereocenters. The molecule has 0 amide bonds. The number of hydrogen-bond donors (Lipinski definition) is 1. The molecule has 0 aliphatic carbocycles. The van der Waals surface area contributed by atoms with Crippen LogP contribution in [0.1, 0.15) is 20.3 Å². The summed E-state index contributed by atoms with van der Waals surface area (Å²) in [4.78, 5) is 12.9. The molecule has 0 aliphatic rings. The van der Waals surface area contributed by atoms with E-state index in [9.17, 15) is 4.79 Å². The van der Waals surface area contributed by atoms with Gasteiger partial charge in [0.1, 0.15) is 0 Å². The molecule has 0 aliphatic heterocycles. The highest BCUT2D eigenvalue weighted by Gasteiger charge is 1.80. The second-order valence-electron chi connectivity index (χ2n) is 2.08. The molecular formula is C8H12INO. The van der Waals surface area contributed by atoms with E-state index < -0.39 is 0 Å². The molecule has 1 rings (SSSR count). The van der Waals surface area contributed by atoms with Crippen LogP contribution in [0.4, 0.5) is 0 Å². The average molecular weight is 265 g/mol. The number of rotatable bonds is 0. The van der Waals surface area contributed by atoms with Crippen molar-refractivity contribution in [2.24, 2.45) is 0 Å². The maximum atomic E-state index is 10.4. The first-order valence-corrected chi connectivity index (χ1v) is 4.62. The van der Waals surface area contributed by atoms with E-state index in [1.165, 1.54) is 12.5 Å². The van der Waals surface area contributed by atoms with Crippen molar-refractivity contribution < 1.29 is 0 Å². The highest BCUT2D eigenvalue weighted by Crippen LogP contribution is 1.95. The number of aromatic nitrogens is 1. The van der Waals surface area contributed by atoms with Crippen molar-refractivity contribution in [1.82, 2.24) is 4.98 Å². The molecule has 1 aromatic rings. The van der Waals surface area contributed by atoms with E-state index in [4.69, 9.17) is 0 Å². The molecule has 1 heterocycles. The minimum absolute atomic E-state index is 0.0505. The Balaban J connectivity index is 0.000000292.